The van der Waals surface area contributed by atoms with Gasteiger partial charge < -0.3 is 14.8 Å². The highest BCUT2D eigenvalue weighted by Crippen LogP contribution is 2.34. The lowest BCUT2D eigenvalue weighted by Gasteiger charge is -2.39. The molecule has 3 rings (SSSR count). The number of hydrogen-bond acceptors (Lipinski definition) is 4. The van der Waals surface area contributed by atoms with Crippen LogP contribution in [0.5, 0.6) is 0 Å². The summed E-state index contributed by atoms with van der Waals surface area (Å²) in [5.74, 6) is 0.0998. The van der Waals surface area contributed by atoms with Crippen LogP contribution in [-0.4, -0.2) is 62.4 Å². The molecule has 5 heteroatoms. The van der Waals surface area contributed by atoms with E-state index in [2.05, 4.69) is 48.3 Å². The molecule has 0 spiro atoms. The van der Waals surface area contributed by atoms with Gasteiger partial charge in [0.05, 0.1) is 19.3 Å². The molecule has 0 aromatic heterocycles. The van der Waals surface area contributed by atoms with Gasteiger partial charge in [-0.15, -0.1) is 0 Å². The van der Waals surface area contributed by atoms with Crippen molar-refractivity contribution in [3.05, 3.63) is 35.9 Å². The van der Waals surface area contributed by atoms with Gasteiger partial charge in [0.1, 0.15) is 0 Å². The molecule has 5 nitrogen and oxygen atoms in total. The SMILES string of the molecule is C[C@@H]1CN(CC(=O)NCC2(c3ccccc3)CCOCC2)[C@@H](C)CO1. The Labute approximate surface area is 150 Å². The Morgan fingerprint density at radius 1 is 1.24 bits per heavy atom. The van der Waals surface area contributed by atoms with Crippen molar-refractivity contribution >= 4 is 5.91 Å². The second-order valence-corrected chi connectivity index (χ2v) is 7.46. The van der Waals surface area contributed by atoms with Crippen LogP contribution in [-0.2, 0) is 19.7 Å². The van der Waals surface area contributed by atoms with E-state index in [-0.39, 0.29) is 23.5 Å². The third-order valence-corrected chi connectivity index (χ3v) is 5.54. The summed E-state index contributed by atoms with van der Waals surface area (Å²) in [6.07, 6.45) is 2.08. The van der Waals surface area contributed by atoms with Crippen LogP contribution < -0.4 is 5.32 Å². The highest BCUT2D eigenvalue weighted by molar-refractivity contribution is 5.78. The van der Waals surface area contributed by atoms with Gasteiger partial charge in [0.15, 0.2) is 0 Å². The van der Waals surface area contributed by atoms with Crippen molar-refractivity contribution in [1.82, 2.24) is 10.2 Å². The zero-order valence-corrected chi connectivity index (χ0v) is 15.4. The standard InChI is InChI=1S/C20H30N2O3/c1-16-14-25-17(2)12-22(16)13-19(23)21-15-20(8-10-24-11-9-20)18-6-4-3-5-7-18/h3-7,16-17H,8-15H2,1-2H3,(H,21,23)/t16-,17+/m0/s1. The number of rotatable bonds is 5. The number of ether oxygens (including phenoxy) is 2. The van der Waals surface area contributed by atoms with E-state index in [0.717, 1.165) is 32.6 Å². The Morgan fingerprint density at radius 3 is 2.68 bits per heavy atom. The Bertz CT molecular complexity index is 557. The molecule has 0 unspecified atom stereocenters. The van der Waals surface area contributed by atoms with Crippen molar-refractivity contribution < 1.29 is 14.3 Å². The first-order valence-corrected chi connectivity index (χ1v) is 9.35. The fourth-order valence-corrected chi connectivity index (χ4v) is 3.82. The predicted molar refractivity (Wildman–Crippen MR) is 97.6 cm³/mol. The Hall–Kier alpha value is -1.43. The molecule has 2 aliphatic heterocycles. The topological polar surface area (TPSA) is 50.8 Å². The van der Waals surface area contributed by atoms with Gasteiger partial charge in [-0.3, -0.25) is 9.69 Å². The molecule has 2 saturated heterocycles. The molecule has 2 heterocycles. The first kappa shape index (κ1) is 18.4. The van der Waals surface area contributed by atoms with E-state index >= 15 is 0 Å². The first-order chi connectivity index (χ1) is 12.1. The van der Waals surface area contributed by atoms with E-state index in [0.29, 0.717) is 19.7 Å². The summed E-state index contributed by atoms with van der Waals surface area (Å²) in [6, 6.07) is 10.8. The van der Waals surface area contributed by atoms with E-state index in [1.807, 2.05) is 6.07 Å². The molecule has 1 aromatic carbocycles. The third-order valence-electron chi connectivity index (χ3n) is 5.54. The van der Waals surface area contributed by atoms with Crippen LogP contribution >= 0.6 is 0 Å². The maximum absolute atomic E-state index is 12.6. The van der Waals surface area contributed by atoms with Crippen LogP contribution in [0.25, 0.3) is 0 Å². The fraction of sp³-hybridized carbons (Fsp3) is 0.650. The predicted octanol–water partition coefficient (Wildman–Crippen LogP) is 1.96. The Balaban J connectivity index is 1.60. The third kappa shape index (κ3) is 4.60. The highest BCUT2D eigenvalue weighted by Gasteiger charge is 2.35. The summed E-state index contributed by atoms with van der Waals surface area (Å²) in [5.41, 5.74) is 1.28. The summed E-state index contributed by atoms with van der Waals surface area (Å²) >= 11 is 0. The van der Waals surface area contributed by atoms with Gasteiger partial charge >= 0.3 is 0 Å². The van der Waals surface area contributed by atoms with Crippen LogP contribution in [0.2, 0.25) is 0 Å². The number of benzene rings is 1. The maximum atomic E-state index is 12.6. The largest absolute Gasteiger partial charge is 0.381 e. The summed E-state index contributed by atoms with van der Waals surface area (Å²) in [4.78, 5) is 14.8. The molecular formula is C20H30N2O3. The summed E-state index contributed by atoms with van der Waals surface area (Å²) in [6.45, 7) is 8.30. The lowest BCUT2D eigenvalue weighted by molar-refractivity contribution is -0.126. The van der Waals surface area contributed by atoms with Gasteiger partial charge in [-0.1, -0.05) is 30.3 Å². The normalized spacial score (nSPS) is 27.0. The minimum Gasteiger partial charge on any atom is -0.381 e. The highest BCUT2D eigenvalue weighted by atomic mass is 16.5. The second kappa shape index (κ2) is 8.30. The van der Waals surface area contributed by atoms with Gasteiger partial charge in [0.2, 0.25) is 5.91 Å². The van der Waals surface area contributed by atoms with E-state index in [9.17, 15) is 4.79 Å². The van der Waals surface area contributed by atoms with Crippen molar-refractivity contribution in [2.24, 2.45) is 0 Å². The number of nitrogens with zero attached hydrogens (tertiary/aromatic N) is 1. The first-order valence-electron chi connectivity index (χ1n) is 9.35. The molecule has 1 amide bonds. The molecule has 2 aliphatic rings. The minimum atomic E-state index is -0.0148. The fourth-order valence-electron chi connectivity index (χ4n) is 3.82. The van der Waals surface area contributed by atoms with Gasteiger partial charge in [0, 0.05) is 37.8 Å². The monoisotopic (exact) mass is 346 g/mol. The minimum absolute atomic E-state index is 0.0148. The lowest BCUT2D eigenvalue weighted by atomic mass is 9.74. The number of hydrogen-bond donors (Lipinski definition) is 1. The average Bonchev–Trinajstić information content (AvgIpc) is 2.65. The van der Waals surface area contributed by atoms with Crippen LogP contribution in [0.3, 0.4) is 0 Å². The summed E-state index contributed by atoms with van der Waals surface area (Å²) in [5, 5.41) is 3.20. The van der Waals surface area contributed by atoms with Crippen molar-refractivity contribution in [2.45, 2.75) is 44.2 Å². The van der Waals surface area contributed by atoms with Gasteiger partial charge in [-0.25, -0.2) is 0 Å². The van der Waals surface area contributed by atoms with E-state index in [1.165, 1.54) is 5.56 Å². The zero-order chi connectivity index (χ0) is 17.7. The van der Waals surface area contributed by atoms with E-state index < -0.39 is 0 Å². The van der Waals surface area contributed by atoms with Crippen LogP contribution in [0.1, 0.15) is 32.3 Å². The molecule has 138 valence electrons. The molecule has 0 saturated carbocycles. The smallest absolute Gasteiger partial charge is 0.234 e. The number of morpholine rings is 1. The van der Waals surface area contributed by atoms with Gasteiger partial charge in [-0.2, -0.15) is 0 Å². The summed E-state index contributed by atoms with van der Waals surface area (Å²) < 4.78 is 11.2. The van der Waals surface area contributed by atoms with Gasteiger partial charge in [-0.05, 0) is 32.3 Å². The molecule has 1 N–H and O–H groups in total. The van der Waals surface area contributed by atoms with Crippen LogP contribution in [0, 0.1) is 0 Å². The quantitative estimate of drug-likeness (QED) is 0.885. The second-order valence-electron chi connectivity index (χ2n) is 7.46. The van der Waals surface area contributed by atoms with Gasteiger partial charge in [0.25, 0.3) is 0 Å². The Kier molecular flexibility index (Phi) is 6.10. The molecule has 2 fully saturated rings. The van der Waals surface area contributed by atoms with Crippen LogP contribution in [0.15, 0.2) is 30.3 Å². The number of amides is 1. The van der Waals surface area contributed by atoms with E-state index in [1.54, 1.807) is 0 Å². The number of carbonyl (C=O) groups is 1. The van der Waals surface area contributed by atoms with Crippen molar-refractivity contribution in [1.29, 1.82) is 0 Å². The molecule has 2 atom stereocenters. The average molecular weight is 346 g/mol. The Morgan fingerprint density at radius 2 is 1.96 bits per heavy atom. The van der Waals surface area contributed by atoms with Crippen LogP contribution in [0.4, 0.5) is 0 Å². The van der Waals surface area contributed by atoms with E-state index in [4.69, 9.17) is 9.47 Å². The molecule has 1 aromatic rings. The number of carbonyl (C=O) groups excluding carboxylic acids is 1. The van der Waals surface area contributed by atoms with Crippen molar-refractivity contribution in [3.63, 3.8) is 0 Å². The molecule has 0 aliphatic carbocycles. The number of nitrogens with one attached hydrogen (secondary N) is 1. The van der Waals surface area contributed by atoms with Crippen molar-refractivity contribution in [2.75, 3.05) is 39.5 Å². The maximum Gasteiger partial charge on any atom is 0.234 e. The molecule has 0 radical (unpaired) electrons. The zero-order valence-electron chi connectivity index (χ0n) is 15.4. The molecular weight excluding hydrogens is 316 g/mol. The van der Waals surface area contributed by atoms with Crippen molar-refractivity contribution in [3.8, 4) is 0 Å². The molecule has 25 heavy (non-hydrogen) atoms. The molecule has 0 bridgehead atoms. The lowest BCUT2D eigenvalue weighted by Crippen LogP contribution is -2.52. The summed E-state index contributed by atoms with van der Waals surface area (Å²) in [7, 11) is 0.